The molecule has 2 aromatic rings. The minimum absolute atomic E-state index is 0.152. The number of nitrogens with zero attached hydrogens (tertiary/aromatic N) is 3. The molecule has 1 aliphatic rings. The van der Waals surface area contributed by atoms with Crippen LogP contribution in [0.3, 0.4) is 0 Å². The van der Waals surface area contributed by atoms with Gasteiger partial charge in [0.2, 0.25) is 0 Å². The number of nitrogens with one attached hydrogen (secondary N) is 2. The van der Waals surface area contributed by atoms with Crippen molar-refractivity contribution in [2.45, 2.75) is 33.4 Å². The minimum Gasteiger partial charge on any atom is -0.368 e. The van der Waals surface area contributed by atoms with E-state index in [9.17, 15) is 18.0 Å². The largest absolute Gasteiger partial charge is 0.416 e. The Morgan fingerprint density at radius 1 is 1.11 bits per heavy atom. The Kier molecular flexibility index (Phi) is 9.38. The van der Waals surface area contributed by atoms with Gasteiger partial charge in [-0.15, -0.1) is 0 Å². The molecule has 2 N–H and O–H groups in total. The van der Waals surface area contributed by atoms with Crippen LogP contribution in [0.1, 0.15) is 48.7 Å². The van der Waals surface area contributed by atoms with Gasteiger partial charge in [-0.3, -0.25) is 9.69 Å². The van der Waals surface area contributed by atoms with Crippen LogP contribution in [0.4, 0.5) is 24.7 Å². The summed E-state index contributed by atoms with van der Waals surface area (Å²) in [6, 6.07) is 4.27. The van der Waals surface area contributed by atoms with Crippen LogP contribution < -0.4 is 10.6 Å². The van der Waals surface area contributed by atoms with Crippen LogP contribution in [0.2, 0.25) is 5.02 Å². The van der Waals surface area contributed by atoms with Crippen LogP contribution in [0.5, 0.6) is 0 Å². The summed E-state index contributed by atoms with van der Waals surface area (Å²) >= 11 is 6.76. The lowest BCUT2D eigenvalue weighted by atomic mass is 9.99. The molecule has 0 saturated carbocycles. The van der Waals surface area contributed by atoms with Crippen LogP contribution in [0.25, 0.3) is 5.57 Å². The van der Waals surface area contributed by atoms with Gasteiger partial charge in [0.05, 0.1) is 16.1 Å². The van der Waals surface area contributed by atoms with Crippen LogP contribution in [-0.2, 0) is 6.18 Å². The van der Waals surface area contributed by atoms with Crippen LogP contribution >= 0.6 is 11.6 Å². The molecule has 196 valence electrons. The first-order valence-electron chi connectivity index (χ1n) is 12.0. The molecule has 0 aliphatic carbocycles. The maximum atomic E-state index is 13.0. The Balaban J connectivity index is 1.81. The van der Waals surface area contributed by atoms with Gasteiger partial charge in [0.1, 0.15) is 5.82 Å². The number of anilines is 2. The second-order valence-electron chi connectivity index (χ2n) is 9.07. The molecule has 36 heavy (non-hydrogen) atoms. The Morgan fingerprint density at radius 2 is 1.75 bits per heavy atom. The summed E-state index contributed by atoms with van der Waals surface area (Å²) in [7, 11) is 2.12. The SMILES string of the molecule is CCC(C)=C(C)c1c(NCCN2CCN(C)CC2)ncc(C(=O)Nc2ccc(C(F)(F)F)cc2)c1Cl. The first-order chi connectivity index (χ1) is 17.0. The van der Waals surface area contributed by atoms with E-state index in [1.807, 2.05) is 20.8 Å². The van der Waals surface area contributed by atoms with Gasteiger partial charge in [-0.05, 0) is 57.2 Å². The zero-order chi connectivity index (χ0) is 26.5. The molecule has 1 amide bonds. The van der Waals surface area contributed by atoms with Crippen LogP contribution in [0.15, 0.2) is 36.0 Å². The number of carbonyl (C=O) groups excluding carboxylic acids is 1. The Hall–Kier alpha value is -2.62. The number of likely N-dealkylation sites (N-methyl/N-ethyl adjacent to an activating group) is 1. The monoisotopic (exact) mass is 523 g/mol. The number of aromatic nitrogens is 1. The average Bonchev–Trinajstić information content (AvgIpc) is 2.84. The fourth-order valence-corrected chi connectivity index (χ4v) is 4.31. The van der Waals surface area contributed by atoms with Crippen LogP contribution in [-0.4, -0.2) is 67.0 Å². The van der Waals surface area contributed by atoms with E-state index in [-0.39, 0.29) is 16.3 Å². The summed E-state index contributed by atoms with van der Waals surface area (Å²) in [5, 5.41) is 6.26. The molecular weight excluding hydrogens is 491 g/mol. The molecule has 6 nitrogen and oxygen atoms in total. The zero-order valence-electron chi connectivity index (χ0n) is 21.1. The number of alkyl halides is 3. The first-order valence-corrected chi connectivity index (χ1v) is 12.4. The van der Waals surface area contributed by atoms with Crippen molar-refractivity contribution in [1.82, 2.24) is 14.8 Å². The Morgan fingerprint density at radius 3 is 2.33 bits per heavy atom. The molecule has 1 fully saturated rings. The predicted molar refractivity (Wildman–Crippen MR) is 140 cm³/mol. The highest BCUT2D eigenvalue weighted by Gasteiger charge is 2.30. The zero-order valence-corrected chi connectivity index (χ0v) is 21.9. The molecule has 0 spiro atoms. The van der Waals surface area contributed by atoms with E-state index < -0.39 is 17.6 Å². The maximum absolute atomic E-state index is 13.0. The maximum Gasteiger partial charge on any atom is 0.416 e. The molecule has 1 aromatic heterocycles. The van der Waals surface area contributed by atoms with Gasteiger partial charge >= 0.3 is 6.18 Å². The van der Waals surface area contributed by atoms with Crippen molar-refractivity contribution < 1.29 is 18.0 Å². The van der Waals surface area contributed by atoms with Gasteiger partial charge in [0, 0.05) is 56.7 Å². The van der Waals surface area contributed by atoms with E-state index in [0.717, 1.165) is 62.4 Å². The minimum atomic E-state index is -4.45. The molecule has 2 heterocycles. The van der Waals surface area contributed by atoms with E-state index in [2.05, 4.69) is 32.5 Å². The van der Waals surface area contributed by atoms with Gasteiger partial charge in [0.15, 0.2) is 0 Å². The molecule has 0 unspecified atom stereocenters. The molecule has 1 aliphatic heterocycles. The van der Waals surface area contributed by atoms with E-state index in [1.165, 1.54) is 18.3 Å². The number of allylic oxidation sites excluding steroid dienone is 2. The van der Waals surface area contributed by atoms with Crippen LogP contribution in [0, 0.1) is 0 Å². The molecule has 0 bridgehead atoms. The molecule has 0 radical (unpaired) electrons. The van der Waals surface area contributed by atoms with Gasteiger partial charge in [0.25, 0.3) is 5.91 Å². The smallest absolute Gasteiger partial charge is 0.368 e. The molecule has 1 saturated heterocycles. The molecule has 3 rings (SSSR count). The highest BCUT2D eigenvalue weighted by atomic mass is 35.5. The fraction of sp³-hybridized carbons (Fsp3) is 0.462. The summed E-state index contributed by atoms with van der Waals surface area (Å²) in [6.07, 6.45) is -2.23. The second kappa shape index (κ2) is 12.1. The summed E-state index contributed by atoms with van der Waals surface area (Å²) in [5.41, 5.74) is 2.30. The van der Waals surface area contributed by atoms with Crippen molar-refractivity contribution in [3.63, 3.8) is 0 Å². The third-order valence-electron chi connectivity index (χ3n) is 6.59. The lowest BCUT2D eigenvalue weighted by molar-refractivity contribution is -0.137. The van der Waals surface area contributed by atoms with E-state index in [1.54, 1.807) is 0 Å². The summed E-state index contributed by atoms with van der Waals surface area (Å²) in [4.78, 5) is 22.2. The topological polar surface area (TPSA) is 60.5 Å². The van der Waals surface area contributed by atoms with Crippen molar-refractivity contribution in [2.24, 2.45) is 0 Å². The van der Waals surface area contributed by atoms with Gasteiger partial charge in [-0.2, -0.15) is 13.2 Å². The fourth-order valence-electron chi connectivity index (χ4n) is 3.95. The van der Waals surface area contributed by atoms with Gasteiger partial charge in [-0.25, -0.2) is 4.98 Å². The number of hydrogen-bond donors (Lipinski definition) is 2. The van der Waals surface area contributed by atoms with Crippen molar-refractivity contribution in [1.29, 1.82) is 0 Å². The second-order valence-corrected chi connectivity index (χ2v) is 9.45. The van der Waals surface area contributed by atoms with Crippen molar-refractivity contribution in [3.05, 3.63) is 57.7 Å². The van der Waals surface area contributed by atoms with Gasteiger partial charge in [-0.1, -0.05) is 24.1 Å². The van der Waals surface area contributed by atoms with E-state index in [0.29, 0.717) is 17.9 Å². The molecule has 10 heteroatoms. The molecule has 0 atom stereocenters. The van der Waals surface area contributed by atoms with Gasteiger partial charge < -0.3 is 15.5 Å². The number of rotatable bonds is 8. The summed E-state index contributed by atoms with van der Waals surface area (Å²) in [5.74, 6) is 0.0601. The number of pyridine rings is 1. The van der Waals surface area contributed by atoms with E-state index in [4.69, 9.17) is 11.6 Å². The highest BCUT2D eigenvalue weighted by Crippen LogP contribution is 2.35. The van der Waals surface area contributed by atoms with Crippen molar-refractivity contribution in [3.8, 4) is 0 Å². The third kappa shape index (κ3) is 6.99. The number of halogens is 4. The van der Waals surface area contributed by atoms with Crippen molar-refractivity contribution >= 4 is 34.6 Å². The lowest BCUT2D eigenvalue weighted by Gasteiger charge is -2.32. The highest BCUT2D eigenvalue weighted by molar-refractivity contribution is 6.36. The average molecular weight is 524 g/mol. The number of hydrogen-bond acceptors (Lipinski definition) is 5. The molecule has 1 aromatic carbocycles. The molecular formula is C26H33ClF3N5O. The number of amides is 1. The number of benzene rings is 1. The third-order valence-corrected chi connectivity index (χ3v) is 6.98. The quantitative estimate of drug-likeness (QED) is 0.453. The van der Waals surface area contributed by atoms with Crippen molar-refractivity contribution in [2.75, 3.05) is 56.9 Å². The predicted octanol–water partition coefficient (Wildman–Crippen LogP) is 5.87. The Bertz CT molecular complexity index is 1090. The van der Waals surface area contributed by atoms with E-state index >= 15 is 0 Å². The normalized spacial score (nSPS) is 16.0. The number of carbonyl (C=O) groups is 1. The standard InChI is InChI=1S/C26H33ClF3N5O/c1-5-17(2)18(3)22-23(27)21(25(36)33-20-8-6-19(7-9-20)26(28,29)30)16-32-24(22)31-10-11-35-14-12-34(4)13-15-35/h6-9,16H,5,10-15H2,1-4H3,(H,31,32)(H,33,36). The summed E-state index contributed by atoms with van der Waals surface area (Å²) in [6.45, 7) is 11.6. The lowest BCUT2D eigenvalue weighted by Crippen LogP contribution is -2.45. The Labute approximate surface area is 215 Å². The first kappa shape index (κ1) is 28.0. The summed E-state index contributed by atoms with van der Waals surface area (Å²) < 4.78 is 38.5. The number of piperazine rings is 1.